The molecular weight excluding hydrogens is 195 g/mol. The van der Waals surface area contributed by atoms with Crippen molar-refractivity contribution < 1.29 is 4.39 Å². The maximum atomic E-state index is 12.5. The van der Waals surface area contributed by atoms with Crippen molar-refractivity contribution in [1.29, 1.82) is 0 Å². The number of halogens is 1. The van der Waals surface area contributed by atoms with Crippen molar-refractivity contribution in [2.75, 3.05) is 18.4 Å². The molecule has 1 unspecified atom stereocenters. The van der Waals surface area contributed by atoms with Crippen LogP contribution in [0.3, 0.4) is 0 Å². The van der Waals surface area contributed by atoms with Gasteiger partial charge in [-0.3, -0.25) is 0 Å². The molecule has 0 amide bonds. The molecule has 0 saturated carbocycles. The largest absolute Gasteiger partial charge is 0.353 e. The lowest BCUT2D eigenvalue weighted by Crippen LogP contribution is -2.39. The monoisotopic (exact) mass is 210 g/mol. The summed E-state index contributed by atoms with van der Waals surface area (Å²) in [5.74, 6) is 0.0834. The van der Waals surface area contributed by atoms with Gasteiger partial charge in [-0.25, -0.2) is 14.4 Å². The summed E-state index contributed by atoms with van der Waals surface area (Å²) in [6, 6.07) is 0.479. The van der Waals surface area contributed by atoms with Gasteiger partial charge in [0.2, 0.25) is 5.95 Å². The molecule has 82 valence electrons. The van der Waals surface area contributed by atoms with Gasteiger partial charge in [0.15, 0.2) is 5.82 Å². The molecule has 1 saturated heterocycles. The molecule has 0 aliphatic carbocycles. The van der Waals surface area contributed by atoms with Crippen molar-refractivity contribution in [3.05, 3.63) is 18.2 Å². The fourth-order valence-electron chi connectivity index (χ4n) is 1.72. The Morgan fingerprint density at radius 1 is 1.40 bits per heavy atom. The van der Waals surface area contributed by atoms with E-state index in [9.17, 15) is 4.39 Å². The highest BCUT2D eigenvalue weighted by Crippen LogP contribution is 2.07. The maximum absolute atomic E-state index is 12.5. The van der Waals surface area contributed by atoms with Crippen LogP contribution in [0.4, 0.5) is 10.3 Å². The minimum atomic E-state index is -0.406. The van der Waals surface area contributed by atoms with Crippen LogP contribution in [-0.4, -0.2) is 29.1 Å². The van der Waals surface area contributed by atoms with E-state index in [1.165, 1.54) is 31.7 Å². The molecule has 0 radical (unpaired) electrons. The van der Waals surface area contributed by atoms with Gasteiger partial charge in [0.25, 0.3) is 0 Å². The van der Waals surface area contributed by atoms with E-state index in [-0.39, 0.29) is 0 Å². The lowest BCUT2D eigenvalue weighted by atomic mass is 10.1. The number of nitrogens with one attached hydrogen (secondary N) is 2. The zero-order valence-electron chi connectivity index (χ0n) is 8.54. The minimum absolute atomic E-state index is 0.406. The molecule has 1 atom stereocenters. The van der Waals surface area contributed by atoms with Crippen LogP contribution in [0, 0.1) is 5.82 Å². The Kier molecular flexibility index (Phi) is 3.45. The first-order valence-corrected chi connectivity index (χ1v) is 5.29. The van der Waals surface area contributed by atoms with E-state index in [0.717, 1.165) is 13.1 Å². The number of hydrogen-bond acceptors (Lipinski definition) is 4. The smallest absolute Gasteiger partial charge is 0.222 e. The van der Waals surface area contributed by atoms with Crippen molar-refractivity contribution in [1.82, 2.24) is 15.3 Å². The van der Waals surface area contributed by atoms with Crippen LogP contribution in [0.1, 0.15) is 19.3 Å². The van der Waals surface area contributed by atoms with E-state index in [4.69, 9.17) is 0 Å². The standard InChI is InChI=1S/C10H15FN4/c11-8-5-13-10(14-6-8)15-7-9-3-1-2-4-12-9/h5-6,9,12H,1-4,7H2,(H,13,14,15). The highest BCUT2D eigenvalue weighted by atomic mass is 19.1. The average Bonchev–Trinajstić information content (AvgIpc) is 2.30. The summed E-state index contributed by atoms with van der Waals surface area (Å²) >= 11 is 0. The van der Waals surface area contributed by atoms with Crippen molar-refractivity contribution in [2.24, 2.45) is 0 Å². The Balaban J connectivity index is 1.79. The predicted molar refractivity (Wildman–Crippen MR) is 56.1 cm³/mol. The zero-order valence-corrected chi connectivity index (χ0v) is 8.54. The van der Waals surface area contributed by atoms with Gasteiger partial charge < -0.3 is 10.6 Å². The van der Waals surface area contributed by atoms with Crippen LogP contribution in [0.15, 0.2) is 12.4 Å². The molecule has 5 heteroatoms. The first-order valence-electron chi connectivity index (χ1n) is 5.29. The minimum Gasteiger partial charge on any atom is -0.353 e. The first kappa shape index (κ1) is 10.3. The van der Waals surface area contributed by atoms with Gasteiger partial charge >= 0.3 is 0 Å². The zero-order chi connectivity index (χ0) is 10.5. The number of rotatable bonds is 3. The van der Waals surface area contributed by atoms with Crippen molar-refractivity contribution in [3.63, 3.8) is 0 Å². The first-order chi connectivity index (χ1) is 7.34. The van der Waals surface area contributed by atoms with Gasteiger partial charge in [-0.05, 0) is 19.4 Å². The van der Waals surface area contributed by atoms with E-state index in [2.05, 4.69) is 20.6 Å². The summed E-state index contributed by atoms with van der Waals surface area (Å²) in [6.07, 6.45) is 6.04. The van der Waals surface area contributed by atoms with Crippen molar-refractivity contribution in [2.45, 2.75) is 25.3 Å². The molecular formula is C10H15FN4. The van der Waals surface area contributed by atoms with Crippen LogP contribution in [0.25, 0.3) is 0 Å². The number of piperidine rings is 1. The molecule has 0 aromatic carbocycles. The summed E-state index contributed by atoms with van der Waals surface area (Å²) in [4.78, 5) is 7.68. The fraction of sp³-hybridized carbons (Fsp3) is 0.600. The molecule has 2 N–H and O–H groups in total. The van der Waals surface area contributed by atoms with Gasteiger partial charge in [0.1, 0.15) is 0 Å². The summed E-state index contributed by atoms with van der Waals surface area (Å²) in [5.41, 5.74) is 0. The molecule has 1 aliphatic heterocycles. The van der Waals surface area contributed by atoms with Crippen LogP contribution in [0.5, 0.6) is 0 Å². The number of aromatic nitrogens is 2. The fourth-order valence-corrected chi connectivity index (χ4v) is 1.72. The van der Waals surface area contributed by atoms with Crippen LogP contribution >= 0.6 is 0 Å². The molecule has 1 fully saturated rings. The molecule has 4 nitrogen and oxygen atoms in total. The number of anilines is 1. The van der Waals surface area contributed by atoms with E-state index in [0.29, 0.717) is 12.0 Å². The summed E-state index contributed by atoms with van der Waals surface area (Å²) < 4.78 is 12.5. The topological polar surface area (TPSA) is 49.8 Å². The summed E-state index contributed by atoms with van der Waals surface area (Å²) in [5, 5.41) is 6.50. The molecule has 2 heterocycles. The SMILES string of the molecule is Fc1cnc(NCC2CCCCN2)nc1. The molecule has 0 spiro atoms. The van der Waals surface area contributed by atoms with Gasteiger partial charge in [-0.15, -0.1) is 0 Å². The second-order valence-corrected chi connectivity index (χ2v) is 3.75. The van der Waals surface area contributed by atoms with Gasteiger partial charge in [-0.1, -0.05) is 6.42 Å². The Morgan fingerprint density at radius 3 is 2.87 bits per heavy atom. The lowest BCUT2D eigenvalue weighted by molar-refractivity contribution is 0.413. The van der Waals surface area contributed by atoms with E-state index in [1.54, 1.807) is 0 Å². The van der Waals surface area contributed by atoms with Gasteiger partial charge in [0, 0.05) is 12.6 Å². The Morgan fingerprint density at radius 2 is 2.20 bits per heavy atom. The maximum Gasteiger partial charge on any atom is 0.222 e. The molecule has 1 aromatic heterocycles. The van der Waals surface area contributed by atoms with Gasteiger partial charge in [0.05, 0.1) is 12.4 Å². The number of hydrogen-bond donors (Lipinski definition) is 2. The second-order valence-electron chi connectivity index (χ2n) is 3.75. The second kappa shape index (κ2) is 5.02. The summed E-state index contributed by atoms with van der Waals surface area (Å²) in [6.45, 7) is 1.88. The molecule has 15 heavy (non-hydrogen) atoms. The highest BCUT2D eigenvalue weighted by Gasteiger charge is 2.12. The van der Waals surface area contributed by atoms with E-state index >= 15 is 0 Å². The molecule has 2 rings (SSSR count). The van der Waals surface area contributed by atoms with Crippen LogP contribution in [-0.2, 0) is 0 Å². The van der Waals surface area contributed by atoms with Crippen LogP contribution < -0.4 is 10.6 Å². The Hall–Kier alpha value is -1.23. The third-order valence-corrected chi connectivity index (χ3v) is 2.54. The third kappa shape index (κ3) is 3.13. The van der Waals surface area contributed by atoms with E-state index < -0.39 is 5.82 Å². The summed E-state index contributed by atoms with van der Waals surface area (Å²) in [7, 11) is 0. The van der Waals surface area contributed by atoms with E-state index in [1.807, 2.05) is 0 Å². The van der Waals surface area contributed by atoms with Crippen molar-refractivity contribution in [3.8, 4) is 0 Å². The Labute approximate surface area is 88.3 Å². The normalized spacial score (nSPS) is 21.3. The number of nitrogens with zero attached hydrogens (tertiary/aromatic N) is 2. The van der Waals surface area contributed by atoms with Crippen LogP contribution in [0.2, 0.25) is 0 Å². The third-order valence-electron chi connectivity index (χ3n) is 2.54. The van der Waals surface area contributed by atoms with Crippen molar-refractivity contribution >= 4 is 5.95 Å². The Bertz CT molecular complexity index is 295. The van der Waals surface area contributed by atoms with Gasteiger partial charge in [-0.2, -0.15) is 0 Å². The molecule has 1 aliphatic rings. The molecule has 0 bridgehead atoms. The quantitative estimate of drug-likeness (QED) is 0.786. The molecule has 1 aromatic rings. The lowest BCUT2D eigenvalue weighted by Gasteiger charge is -2.23. The predicted octanol–water partition coefficient (Wildman–Crippen LogP) is 1.17. The average molecular weight is 210 g/mol. The highest BCUT2D eigenvalue weighted by molar-refractivity contribution is 5.22.